The summed E-state index contributed by atoms with van der Waals surface area (Å²) in [4.78, 5) is 2.44. The molecule has 0 saturated carbocycles. The second-order valence-electron chi connectivity index (χ2n) is 5.92. The second-order valence-corrected chi connectivity index (χ2v) is 5.92. The van der Waals surface area contributed by atoms with Gasteiger partial charge in [0.15, 0.2) is 0 Å². The molecule has 1 aromatic carbocycles. The van der Waals surface area contributed by atoms with Crippen LogP contribution in [0.3, 0.4) is 0 Å². The third-order valence-electron chi connectivity index (χ3n) is 3.89. The highest BCUT2D eigenvalue weighted by atomic mass is 16.3. The predicted octanol–water partition coefficient (Wildman–Crippen LogP) is 1.85. The molecule has 2 rings (SSSR count). The maximum absolute atomic E-state index is 9.38. The van der Waals surface area contributed by atoms with E-state index in [0.29, 0.717) is 0 Å². The first-order valence-corrected chi connectivity index (χ1v) is 6.64. The van der Waals surface area contributed by atoms with Crippen molar-refractivity contribution in [3.05, 3.63) is 29.3 Å². The summed E-state index contributed by atoms with van der Waals surface area (Å²) in [7, 11) is 0. The first-order valence-electron chi connectivity index (χ1n) is 6.64. The van der Waals surface area contributed by atoms with Gasteiger partial charge in [0, 0.05) is 30.4 Å². The SMILES string of the molecule is Cc1cccc(C)c1N1CC(CO)NCC1(C)C. The Balaban J connectivity index is 2.39. The summed E-state index contributed by atoms with van der Waals surface area (Å²) in [5.74, 6) is 0. The first-order chi connectivity index (χ1) is 8.45. The van der Waals surface area contributed by atoms with Gasteiger partial charge in [0.1, 0.15) is 0 Å². The van der Waals surface area contributed by atoms with Crippen molar-refractivity contribution in [1.29, 1.82) is 0 Å². The van der Waals surface area contributed by atoms with E-state index in [4.69, 9.17) is 0 Å². The third kappa shape index (κ3) is 2.38. The molecule has 1 fully saturated rings. The fourth-order valence-electron chi connectivity index (χ4n) is 2.77. The topological polar surface area (TPSA) is 35.5 Å². The van der Waals surface area contributed by atoms with E-state index in [1.165, 1.54) is 16.8 Å². The summed E-state index contributed by atoms with van der Waals surface area (Å²) in [5.41, 5.74) is 4.01. The molecule has 0 aromatic heterocycles. The number of nitrogens with zero attached hydrogens (tertiary/aromatic N) is 1. The van der Waals surface area contributed by atoms with E-state index in [9.17, 15) is 5.11 Å². The number of anilines is 1. The van der Waals surface area contributed by atoms with Gasteiger partial charge in [-0.2, -0.15) is 0 Å². The minimum atomic E-state index is 0.0720. The molecule has 0 radical (unpaired) electrons. The summed E-state index contributed by atoms with van der Waals surface area (Å²) < 4.78 is 0. The Kier molecular flexibility index (Phi) is 3.64. The molecule has 100 valence electrons. The number of para-hydroxylation sites is 1. The monoisotopic (exact) mass is 248 g/mol. The van der Waals surface area contributed by atoms with Crippen molar-refractivity contribution in [3.63, 3.8) is 0 Å². The normalized spacial score (nSPS) is 23.2. The van der Waals surface area contributed by atoms with Gasteiger partial charge in [0.25, 0.3) is 0 Å². The molecule has 1 atom stereocenters. The molecule has 0 aliphatic carbocycles. The van der Waals surface area contributed by atoms with E-state index >= 15 is 0 Å². The van der Waals surface area contributed by atoms with Crippen LogP contribution in [-0.2, 0) is 0 Å². The zero-order valence-corrected chi connectivity index (χ0v) is 11.8. The van der Waals surface area contributed by atoms with Crippen molar-refractivity contribution in [2.45, 2.75) is 39.3 Å². The molecule has 3 nitrogen and oxygen atoms in total. The van der Waals surface area contributed by atoms with Gasteiger partial charge in [0.2, 0.25) is 0 Å². The van der Waals surface area contributed by atoms with Crippen LogP contribution in [0.2, 0.25) is 0 Å². The number of hydrogen-bond acceptors (Lipinski definition) is 3. The van der Waals surface area contributed by atoms with Gasteiger partial charge in [-0.15, -0.1) is 0 Å². The standard InChI is InChI=1S/C15H24N2O/c1-11-6-5-7-12(2)14(11)17-8-13(9-18)16-10-15(17,3)4/h5-7,13,16,18H,8-10H2,1-4H3. The van der Waals surface area contributed by atoms with Gasteiger partial charge in [-0.3, -0.25) is 0 Å². The van der Waals surface area contributed by atoms with E-state index in [1.54, 1.807) is 0 Å². The smallest absolute Gasteiger partial charge is 0.0601 e. The highest BCUT2D eigenvalue weighted by Crippen LogP contribution is 2.32. The Morgan fingerprint density at radius 3 is 2.50 bits per heavy atom. The van der Waals surface area contributed by atoms with Crippen LogP contribution in [0.1, 0.15) is 25.0 Å². The van der Waals surface area contributed by atoms with Crippen LogP contribution < -0.4 is 10.2 Å². The van der Waals surface area contributed by atoms with Gasteiger partial charge in [-0.25, -0.2) is 0 Å². The van der Waals surface area contributed by atoms with Crippen LogP contribution >= 0.6 is 0 Å². The Labute approximate surface area is 110 Å². The van der Waals surface area contributed by atoms with E-state index in [0.717, 1.165) is 13.1 Å². The summed E-state index contributed by atoms with van der Waals surface area (Å²) in [5, 5.41) is 12.8. The van der Waals surface area contributed by atoms with Crippen LogP contribution in [0.25, 0.3) is 0 Å². The molecule has 0 bridgehead atoms. The molecule has 1 aromatic rings. The van der Waals surface area contributed by atoms with Gasteiger partial charge >= 0.3 is 0 Å². The van der Waals surface area contributed by atoms with Crippen LogP contribution in [0.4, 0.5) is 5.69 Å². The molecule has 0 amide bonds. The average Bonchev–Trinajstić information content (AvgIpc) is 2.31. The summed E-state index contributed by atoms with van der Waals surface area (Å²) in [6.45, 7) is 10.8. The van der Waals surface area contributed by atoms with Gasteiger partial charge in [-0.1, -0.05) is 18.2 Å². The lowest BCUT2D eigenvalue weighted by Crippen LogP contribution is -2.63. The minimum absolute atomic E-state index is 0.0720. The highest BCUT2D eigenvalue weighted by Gasteiger charge is 2.34. The molecule has 3 heteroatoms. The maximum atomic E-state index is 9.38. The highest BCUT2D eigenvalue weighted by molar-refractivity contribution is 5.61. The molecule has 0 spiro atoms. The Bertz CT molecular complexity index is 408. The van der Waals surface area contributed by atoms with Gasteiger partial charge in [0.05, 0.1) is 6.61 Å². The Hall–Kier alpha value is -1.06. The number of benzene rings is 1. The van der Waals surface area contributed by atoms with E-state index < -0.39 is 0 Å². The van der Waals surface area contributed by atoms with Crippen molar-refractivity contribution >= 4 is 5.69 Å². The number of rotatable bonds is 2. The molecular weight excluding hydrogens is 224 g/mol. The third-order valence-corrected chi connectivity index (χ3v) is 3.89. The molecule has 1 aliphatic heterocycles. The number of aryl methyl sites for hydroxylation is 2. The van der Waals surface area contributed by atoms with Crippen molar-refractivity contribution < 1.29 is 5.11 Å². The van der Waals surface area contributed by atoms with Crippen molar-refractivity contribution in [1.82, 2.24) is 5.32 Å². The molecule has 18 heavy (non-hydrogen) atoms. The summed E-state index contributed by atoms with van der Waals surface area (Å²) >= 11 is 0. The second kappa shape index (κ2) is 4.90. The molecule has 1 unspecified atom stereocenters. The molecule has 1 saturated heterocycles. The zero-order chi connectivity index (χ0) is 13.3. The van der Waals surface area contributed by atoms with E-state index in [2.05, 4.69) is 56.1 Å². The average molecular weight is 248 g/mol. The van der Waals surface area contributed by atoms with E-state index in [1.807, 2.05) is 0 Å². The number of aliphatic hydroxyl groups is 1. The van der Waals surface area contributed by atoms with Crippen molar-refractivity contribution in [3.8, 4) is 0 Å². The van der Waals surface area contributed by atoms with Crippen LogP contribution in [0.5, 0.6) is 0 Å². The fraction of sp³-hybridized carbons (Fsp3) is 0.600. The maximum Gasteiger partial charge on any atom is 0.0601 e. The lowest BCUT2D eigenvalue weighted by atomic mass is 9.94. The Morgan fingerprint density at radius 2 is 1.94 bits per heavy atom. The molecule has 1 aliphatic rings. The lowest BCUT2D eigenvalue weighted by molar-refractivity contribution is 0.209. The quantitative estimate of drug-likeness (QED) is 0.838. The van der Waals surface area contributed by atoms with Crippen molar-refractivity contribution in [2.75, 3.05) is 24.6 Å². The summed E-state index contributed by atoms with van der Waals surface area (Å²) in [6.07, 6.45) is 0. The number of aliphatic hydroxyl groups excluding tert-OH is 1. The van der Waals surface area contributed by atoms with Crippen LogP contribution in [-0.4, -0.2) is 36.4 Å². The number of nitrogens with one attached hydrogen (secondary N) is 1. The fourth-order valence-corrected chi connectivity index (χ4v) is 2.77. The van der Waals surface area contributed by atoms with Crippen LogP contribution in [0, 0.1) is 13.8 Å². The number of piperazine rings is 1. The number of hydrogen-bond donors (Lipinski definition) is 2. The summed E-state index contributed by atoms with van der Waals surface area (Å²) in [6, 6.07) is 6.59. The molecule has 1 heterocycles. The Morgan fingerprint density at radius 1 is 1.33 bits per heavy atom. The van der Waals surface area contributed by atoms with Crippen LogP contribution in [0.15, 0.2) is 18.2 Å². The largest absolute Gasteiger partial charge is 0.395 e. The lowest BCUT2D eigenvalue weighted by Gasteiger charge is -2.48. The molecular formula is C15H24N2O. The van der Waals surface area contributed by atoms with Gasteiger partial charge < -0.3 is 15.3 Å². The predicted molar refractivity (Wildman–Crippen MR) is 76.2 cm³/mol. The molecule has 2 N–H and O–H groups in total. The van der Waals surface area contributed by atoms with E-state index in [-0.39, 0.29) is 18.2 Å². The minimum Gasteiger partial charge on any atom is -0.395 e. The van der Waals surface area contributed by atoms with Gasteiger partial charge in [-0.05, 0) is 38.8 Å². The zero-order valence-electron chi connectivity index (χ0n) is 11.8. The first kappa shape index (κ1) is 13.4. The van der Waals surface area contributed by atoms with Crippen molar-refractivity contribution in [2.24, 2.45) is 0 Å².